The highest BCUT2D eigenvalue weighted by Crippen LogP contribution is 2.58. The highest BCUT2D eigenvalue weighted by Gasteiger charge is 2.51. The van der Waals surface area contributed by atoms with Gasteiger partial charge in [0.15, 0.2) is 0 Å². The molecule has 4 fully saturated rings. The van der Waals surface area contributed by atoms with Crippen LogP contribution in [0.5, 0.6) is 0 Å². The molecule has 0 spiro atoms. The van der Waals surface area contributed by atoms with Crippen LogP contribution in [-0.4, -0.2) is 18.8 Å². The van der Waals surface area contributed by atoms with Crippen LogP contribution < -0.4 is 0 Å². The molecule has 4 bridgehead atoms. The summed E-state index contributed by atoms with van der Waals surface area (Å²) >= 11 is 3.69. The van der Waals surface area contributed by atoms with Crippen molar-refractivity contribution < 1.29 is 0 Å². The maximum absolute atomic E-state index is 3.69. The lowest BCUT2D eigenvalue weighted by Crippen LogP contribution is -2.49. The lowest BCUT2D eigenvalue weighted by molar-refractivity contribution is 0.421. The average Bonchev–Trinajstić information content (AvgIpc) is 2.58. The van der Waals surface area contributed by atoms with E-state index in [9.17, 15) is 0 Å². The van der Waals surface area contributed by atoms with Crippen LogP contribution in [0.15, 0.2) is 0 Å². The summed E-state index contributed by atoms with van der Waals surface area (Å²) in [6.07, 6.45) is 23.3. The lowest BCUT2D eigenvalue weighted by atomic mass is 9.06. The summed E-state index contributed by atoms with van der Waals surface area (Å²) in [5.74, 6) is 4.48. The Hall–Kier alpha value is 0.610. The number of rotatable bonds is 6. The Morgan fingerprint density at radius 3 is 1.33 bits per heavy atom. The number of hydrogen-bond donors (Lipinski definition) is 0. The van der Waals surface area contributed by atoms with Crippen molar-refractivity contribution in [3.63, 3.8) is 0 Å². The van der Waals surface area contributed by atoms with Gasteiger partial charge in [-0.1, -0.05) is 135 Å². The zero-order valence-electron chi connectivity index (χ0n) is 15.7. The lowest BCUT2D eigenvalue weighted by Gasteiger charge is -2.51. The van der Waals surface area contributed by atoms with E-state index in [1.165, 1.54) is 18.2 Å². The van der Waals surface area contributed by atoms with E-state index in [0.717, 1.165) is 42.4 Å². The van der Waals surface area contributed by atoms with Gasteiger partial charge in [-0.25, -0.2) is 0 Å². The van der Waals surface area contributed by atoms with Gasteiger partial charge in [0.25, 0.3) is 0 Å². The summed E-state index contributed by atoms with van der Waals surface area (Å²) < 4.78 is 0. The molecule has 0 atom stereocenters. The fourth-order valence-electron chi connectivity index (χ4n) is 7.97. The van der Waals surface area contributed by atoms with Gasteiger partial charge in [-0.05, 0) is 6.42 Å². The molecule has 0 radical (unpaired) electrons. The van der Waals surface area contributed by atoms with E-state index in [2.05, 4.69) is 15.9 Å². The summed E-state index contributed by atoms with van der Waals surface area (Å²) in [7, 11) is 0. The second kappa shape index (κ2) is 8.53. The molecule has 0 nitrogen and oxygen atoms in total. The Labute approximate surface area is 160 Å². The minimum Gasteiger partial charge on any atom is -0.0928 e. The van der Waals surface area contributed by atoms with Crippen LogP contribution in [0.25, 0.3) is 0 Å². The summed E-state index contributed by atoms with van der Waals surface area (Å²) in [6, 6.07) is 0. The Morgan fingerprint density at radius 1 is 0.625 bits per heavy atom. The summed E-state index contributed by atoms with van der Waals surface area (Å²) in [6.45, 7) is 2.27. The average molecular weight is 391 g/mol. The summed E-state index contributed by atoms with van der Waals surface area (Å²) in [5.41, 5.74) is 1.11. The van der Waals surface area contributed by atoms with Gasteiger partial charge < -0.3 is 0 Å². The van der Waals surface area contributed by atoms with Crippen LogP contribution in [-0.2, 0) is 0 Å². The molecule has 0 aliphatic carbocycles. The molecular weight excluding hydrogens is 354 g/mol. The van der Waals surface area contributed by atoms with E-state index < -0.39 is 0 Å². The number of halogens is 1. The molecule has 134 valence electrons. The third kappa shape index (κ3) is 3.67. The molecule has 4 aliphatic rings. The largest absolute Gasteiger partial charge is 0.142 e. The van der Waals surface area contributed by atoms with Gasteiger partial charge in [0.2, 0.25) is 0 Å². The van der Waals surface area contributed by atoms with E-state index >= 15 is 0 Å². The molecule has 0 amide bonds. The zero-order valence-corrected chi connectivity index (χ0v) is 17.3. The highest BCUT2D eigenvalue weighted by atomic mass is 79.9. The van der Waals surface area contributed by atoms with Crippen molar-refractivity contribution in [1.82, 2.24) is 0 Å². The van der Waals surface area contributed by atoms with Gasteiger partial charge >= 0.3 is 0 Å². The molecule has 4 saturated heterocycles. The van der Waals surface area contributed by atoms with Gasteiger partial charge in [-0.15, -0.1) is 0 Å². The molecule has 0 aromatic carbocycles. The fraction of sp³-hybridized carbons (Fsp3) is 1.00. The van der Waals surface area contributed by atoms with Gasteiger partial charge in [-0.2, -0.15) is 0 Å². The quantitative estimate of drug-likeness (QED) is 0.248. The second-order valence-electron chi connectivity index (χ2n) is 9.77. The van der Waals surface area contributed by atoms with Crippen molar-refractivity contribution in [2.75, 3.05) is 5.33 Å². The summed E-state index contributed by atoms with van der Waals surface area (Å²) in [4.78, 5) is 0. The fourth-order valence-corrected chi connectivity index (χ4v) is 8.37. The Morgan fingerprint density at radius 2 is 1.00 bits per heavy atom. The van der Waals surface area contributed by atoms with Crippen molar-refractivity contribution in [1.29, 1.82) is 0 Å². The van der Waals surface area contributed by atoms with Crippen LogP contribution in [0.1, 0.15) is 96.3 Å². The molecule has 0 N–H and O–H groups in total. The number of alkyl halides is 1. The first-order valence-corrected chi connectivity index (χ1v) is 12.6. The predicted molar refractivity (Wildman–Crippen MR) is 113 cm³/mol. The predicted octanol–water partition coefficient (Wildman–Crippen LogP) is 7.67. The SMILES string of the molecule is BrCCCCC(B1C2CCCC1CCC2)B1C2CCCC1CCC2. The van der Waals surface area contributed by atoms with Gasteiger partial charge in [-0.3, -0.25) is 0 Å². The smallest absolute Gasteiger partial charge is 0.0928 e. The molecule has 3 heteroatoms. The molecule has 0 unspecified atom stereocenters. The van der Waals surface area contributed by atoms with Crippen molar-refractivity contribution in [3.05, 3.63) is 0 Å². The van der Waals surface area contributed by atoms with Crippen molar-refractivity contribution in [3.8, 4) is 0 Å². The van der Waals surface area contributed by atoms with Gasteiger partial charge in [0, 0.05) is 5.33 Å². The van der Waals surface area contributed by atoms with E-state index in [1.807, 2.05) is 0 Å². The number of unbranched alkanes of at least 4 members (excludes halogenated alkanes) is 1. The highest BCUT2D eigenvalue weighted by molar-refractivity contribution is 9.09. The maximum atomic E-state index is 3.69. The van der Waals surface area contributed by atoms with Gasteiger partial charge in [0.1, 0.15) is 13.4 Å². The molecule has 0 saturated carbocycles. The molecular formula is C21H37B2Br. The Kier molecular flexibility index (Phi) is 6.40. The monoisotopic (exact) mass is 390 g/mol. The van der Waals surface area contributed by atoms with Crippen LogP contribution in [0.4, 0.5) is 0 Å². The Balaban J connectivity index is 1.56. The Bertz CT molecular complexity index is 325. The summed E-state index contributed by atoms with van der Waals surface area (Å²) in [5, 5.41) is 1.22. The van der Waals surface area contributed by atoms with Crippen LogP contribution in [0.3, 0.4) is 0 Å². The zero-order chi connectivity index (χ0) is 16.4. The van der Waals surface area contributed by atoms with Gasteiger partial charge in [0.05, 0.1) is 0 Å². The van der Waals surface area contributed by atoms with Crippen LogP contribution >= 0.6 is 15.9 Å². The molecule has 0 aromatic heterocycles. The van der Waals surface area contributed by atoms with Crippen molar-refractivity contribution >= 4 is 29.4 Å². The van der Waals surface area contributed by atoms with E-state index in [4.69, 9.17) is 0 Å². The maximum Gasteiger partial charge on any atom is 0.142 e. The molecule has 4 heterocycles. The van der Waals surface area contributed by atoms with Crippen LogP contribution in [0, 0.1) is 0 Å². The number of fused-ring (bicyclic) bond motifs is 4. The first-order chi connectivity index (χ1) is 11.9. The van der Waals surface area contributed by atoms with Crippen LogP contribution in [0.2, 0.25) is 29.0 Å². The van der Waals surface area contributed by atoms with E-state index in [-0.39, 0.29) is 0 Å². The number of hydrogen-bond acceptors (Lipinski definition) is 0. The minimum absolute atomic E-state index is 1.11. The van der Waals surface area contributed by atoms with Crippen molar-refractivity contribution in [2.24, 2.45) is 0 Å². The molecule has 24 heavy (non-hydrogen) atoms. The minimum atomic E-state index is 1.11. The molecule has 4 rings (SSSR count). The first-order valence-electron chi connectivity index (χ1n) is 11.4. The third-order valence-electron chi connectivity index (χ3n) is 8.69. The standard InChI is InChI=1S/C21H37B2Br/c24-16-2-1-15-21(22-17-7-3-8-18(22)10-4-9-17)23-19-11-5-12-20(23)14-6-13-19/h17-21H,1-16H2. The van der Waals surface area contributed by atoms with E-state index in [1.54, 1.807) is 83.5 Å². The first kappa shape index (κ1) is 18.0. The third-order valence-corrected chi connectivity index (χ3v) is 9.25. The molecule has 4 aliphatic heterocycles. The second-order valence-corrected chi connectivity index (χ2v) is 10.6. The van der Waals surface area contributed by atoms with Crippen molar-refractivity contribution in [2.45, 2.75) is 125 Å². The normalized spacial score (nSPS) is 37.4. The van der Waals surface area contributed by atoms with E-state index in [0.29, 0.717) is 0 Å². The topological polar surface area (TPSA) is 0 Å². The molecule has 0 aromatic rings.